The van der Waals surface area contributed by atoms with Crippen LogP contribution in [0.1, 0.15) is 59.3 Å². The van der Waals surface area contributed by atoms with Gasteiger partial charge in [-0.25, -0.2) is 0 Å². The number of hydrogen-bond donors (Lipinski definition) is 2. The summed E-state index contributed by atoms with van der Waals surface area (Å²) in [5, 5.41) is 0. The van der Waals surface area contributed by atoms with E-state index < -0.39 is 10.2 Å². The van der Waals surface area contributed by atoms with E-state index in [0.717, 1.165) is 32.1 Å². The number of nitrogens with zero attached hydrogens (tertiary/aromatic N) is 1. The van der Waals surface area contributed by atoms with E-state index >= 15 is 0 Å². The molecule has 0 atom stereocenters. The fraction of sp³-hybridized carbons (Fsp3) is 1.00. The van der Waals surface area contributed by atoms with E-state index in [0.29, 0.717) is 13.1 Å². The molecule has 0 bridgehead atoms. The third-order valence-electron chi connectivity index (χ3n) is 3.79. The molecule has 0 unspecified atom stereocenters. The van der Waals surface area contributed by atoms with E-state index in [1.165, 1.54) is 6.42 Å². The van der Waals surface area contributed by atoms with E-state index in [4.69, 9.17) is 5.73 Å². The zero-order valence-corrected chi connectivity index (χ0v) is 13.3. The number of hydrogen-bond acceptors (Lipinski definition) is 3. The summed E-state index contributed by atoms with van der Waals surface area (Å²) in [7, 11) is -3.45. The summed E-state index contributed by atoms with van der Waals surface area (Å²) in [6.07, 6.45) is 5.87. The molecule has 0 aromatic carbocycles. The summed E-state index contributed by atoms with van der Waals surface area (Å²) in [6.45, 7) is 6.64. The first-order valence-electron chi connectivity index (χ1n) is 7.38. The van der Waals surface area contributed by atoms with Gasteiger partial charge in [0.2, 0.25) is 0 Å². The van der Waals surface area contributed by atoms with Gasteiger partial charge in [-0.1, -0.05) is 26.2 Å². The third-order valence-corrected chi connectivity index (χ3v) is 5.71. The minimum Gasteiger partial charge on any atom is -0.329 e. The summed E-state index contributed by atoms with van der Waals surface area (Å²) in [4.78, 5) is 0. The Hall–Kier alpha value is -0.170. The van der Waals surface area contributed by atoms with E-state index in [9.17, 15) is 8.42 Å². The first-order valence-corrected chi connectivity index (χ1v) is 8.82. The highest BCUT2D eigenvalue weighted by Crippen LogP contribution is 2.34. The number of nitrogens with one attached hydrogen (secondary N) is 1. The predicted octanol–water partition coefficient (Wildman–Crippen LogP) is 1.60. The quantitative estimate of drug-likeness (QED) is 0.748. The van der Waals surface area contributed by atoms with Gasteiger partial charge in [0.05, 0.1) is 0 Å². The molecule has 0 aromatic heterocycles. The highest BCUT2D eigenvalue weighted by atomic mass is 32.2. The summed E-state index contributed by atoms with van der Waals surface area (Å²) < 4.78 is 29.4. The van der Waals surface area contributed by atoms with Crippen LogP contribution in [0.15, 0.2) is 0 Å². The van der Waals surface area contributed by atoms with Crippen molar-refractivity contribution < 1.29 is 8.42 Å². The van der Waals surface area contributed by atoms with Crippen LogP contribution in [0, 0.1) is 0 Å². The number of rotatable bonds is 7. The Morgan fingerprint density at radius 3 is 2.26 bits per heavy atom. The Morgan fingerprint density at radius 2 is 1.84 bits per heavy atom. The second-order valence-corrected chi connectivity index (χ2v) is 7.47. The normalized spacial score (nSPS) is 20.1. The molecule has 0 radical (unpaired) electrons. The van der Waals surface area contributed by atoms with Crippen molar-refractivity contribution in [1.82, 2.24) is 9.03 Å². The molecular weight excluding hydrogens is 262 g/mol. The van der Waals surface area contributed by atoms with Gasteiger partial charge in [-0.15, -0.1) is 0 Å². The van der Waals surface area contributed by atoms with Crippen LogP contribution in [0.3, 0.4) is 0 Å². The Kier molecular flexibility index (Phi) is 6.23. The molecule has 3 N–H and O–H groups in total. The standard InChI is InChI=1S/C13H29N3O2S/c1-4-10-16(19(17,18)15-12(2)3)13(11-14)8-6-5-7-9-13/h12,15H,4-11,14H2,1-3H3. The van der Waals surface area contributed by atoms with Crippen molar-refractivity contribution in [2.75, 3.05) is 13.1 Å². The van der Waals surface area contributed by atoms with Crippen LogP contribution in [-0.2, 0) is 10.2 Å². The first kappa shape index (κ1) is 16.9. The smallest absolute Gasteiger partial charge is 0.280 e. The zero-order chi connectivity index (χ0) is 14.5. The second-order valence-electron chi connectivity index (χ2n) is 5.84. The Bertz CT molecular complexity index is 362. The summed E-state index contributed by atoms with van der Waals surface area (Å²) in [5.41, 5.74) is 5.58. The molecule has 0 aliphatic heterocycles. The maximum Gasteiger partial charge on any atom is 0.280 e. The van der Waals surface area contributed by atoms with Gasteiger partial charge in [0.15, 0.2) is 0 Å². The van der Waals surface area contributed by atoms with E-state index in [1.807, 2.05) is 20.8 Å². The molecule has 1 aliphatic rings. The minimum absolute atomic E-state index is 0.0947. The van der Waals surface area contributed by atoms with Gasteiger partial charge in [0, 0.05) is 24.7 Å². The lowest BCUT2D eigenvalue weighted by atomic mass is 9.81. The topological polar surface area (TPSA) is 75.4 Å². The SMILES string of the molecule is CCCN(C1(CN)CCCCC1)S(=O)(=O)NC(C)C. The Labute approximate surface area is 118 Å². The average Bonchev–Trinajstić information content (AvgIpc) is 2.35. The van der Waals surface area contributed by atoms with Crippen molar-refractivity contribution >= 4 is 10.2 Å². The van der Waals surface area contributed by atoms with Crippen LogP contribution >= 0.6 is 0 Å². The van der Waals surface area contributed by atoms with Crippen LogP contribution in [0.4, 0.5) is 0 Å². The van der Waals surface area contributed by atoms with Gasteiger partial charge in [0.1, 0.15) is 0 Å². The Morgan fingerprint density at radius 1 is 1.26 bits per heavy atom. The molecule has 0 heterocycles. The summed E-state index contributed by atoms with van der Waals surface area (Å²) >= 11 is 0. The molecule has 0 aromatic rings. The van der Waals surface area contributed by atoms with Gasteiger partial charge in [-0.05, 0) is 33.1 Å². The molecule has 19 heavy (non-hydrogen) atoms. The van der Waals surface area contributed by atoms with Crippen molar-refractivity contribution in [3.63, 3.8) is 0 Å². The summed E-state index contributed by atoms with van der Waals surface area (Å²) in [5.74, 6) is 0. The molecule has 5 nitrogen and oxygen atoms in total. The van der Waals surface area contributed by atoms with Crippen LogP contribution in [0.5, 0.6) is 0 Å². The van der Waals surface area contributed by atoms with Gasteiger partial charge >= 0.3 is 0 Å². The van der Waals surface area contributed by atoms with Gasteiger partial charge in [-0.3, -0.25) is 0 Å². The maximum absolute atomic E-state index is 12.6. The largest absolute Gasteiger partial charge is 0.329 e. The second kappa shape index (κ2) is 7.02. The van der Waals surface area contributed by atoms with Crippen LogP contribution in [-0.4, -0.2) is 37.4 Å². The third kappa shape index (κ3) is 4.15. The predicted molar refractivity (Wildman–Crippen MR) is 79.1 cm³/mol. The molecule has 1 saturated carbocycles. The lowest BCUT2D eigenvalue weighted by Gasteiger charge is -2.45. The lowest BCUT2D eigenvalue weighted by molar-refractivity contribution is 0.134. The van der Waals surface area contributed by atoms with Gasteiger partial charge in [0.25, 0.3) is 10.2 Å². The summed E-state index contributed by atoms with van der Waals surface area (Å²) in [6, 6.07) is -0.0947. The molecule has 0 saturated heterocycles. The first-order chi connectivity index (χ1) is 8.88. The van der Waals surface area contributed by atoms with E-state index in [-0.39, 0.29) is 11.6 Å². The van der Waals surface area contributed by atoms with Crippen LogP contribution in [0.25, 0.3) is 0 Å². The van der Waals surface area contributed by atoms with Crippen molar-refractivity contribution in [3.05, 3.63) is 0 Å². The van der Waals surface area contributed by atoms with Crippen LogP contribution in [0.2, 0.25) is 0 Å². The lowest BCUT2D eigenvalue weighted by Crippen LogP contribution is -2.60. The molecule has 0 spiro atoms. The average molecular weight is 291 g/mol. The molecule has 6 heteroatoms. The Balaban J connectivity index is 3.03. The fourth-order valence-corrected chi connectivity index (χ4v) is 4.85. The molecule has 114 valence electrons. The van der Waals surface area contributed by atoms with E-state index in [2.05, 4.69) is 4.72 Å². The monoisotopic (exact) mass is 291 g/mol. The van der Waals surface area contributed by atoms with Crippen molar-refractivity contribution in [3.8, 4) is 0 Å². The maximum atomic E-state index is 12.6. The molecular formula is C13H29N3O2S. The molecule has 1 aliphatic carbocycles. The van der Waals surface area contributed by atoms with Gasteiger partial charge in [-0.2, -0.15) is 17.4 Å². The van der Waals surface area contributed by atoms with Crippen molar-refractivity contribution in [2.24, 2.45) is 5.73 Å². The highest BCUT2D eigenvalue weighted by Gasteiger charge is 2.42. The van der Waals surface area contributed by atoms with Crippen LogP contribution < -0.4 is 10.5 Å². The van der Waals surface area contributed by atoms with E-state index in [1.54, 1.807) is 4.31 Å². The molecule has 0 amide bonds. The highest BCUT2D eigenvalue weighted by molar-refractivity contribution is 7.87. The van der Waals surface area contributed by atoms with Gasteiger partial charge < -0.3 is 5.73 Å². The fourth-order valence-electron chi connectivity index (χ4n) is 2.94. The molecule has 1 rings (SSSR count). The molecule has 1 fully saturated rings. The van der Waals surface area contributed by atoms with Crippen molar-refractivity contribution in [1.29, 1.82) is 0 Å². The number of nitrogens with two attached hydrogens (primary N) is 1. The minimum atomic E-state index is -3.45. The van der Waals surface area contributed by atoms with Crippen molar-refractivity contribution in [2.45, 2.75) is 70.9 Å². The zero-order valence-electron chi connectivity index (χ0n) is 12.5.